The Balaban J connectivity index is 2.02. The van der Waals surface area contributed by atoms with Crippen LogP contribution in [0, 0.1) is 0 Å². The molecule has 0 saturated carbocycles. The molecule has 1 aliphatic rings. The van der Waals surface area contributed by atoms with Crippen LogP contribution >= 0.6 is 11.6 Å². The molecule has 24 heavy (non-hydrogen) atoms. The second-order valence-corrected chi connectivity index (χ2v) is 5.33. The second-order valence-electron chi connectivity index (χ2n) is 4.92. The van der Waals surface area contributed by atoms with Crippen molar-refractivity contribution in [3.8, 4) is 11.5 Å². The average molecular weight is 344 g/mol. The lowest BCUT2D eigenvalue weighted by Gasteiger charge is -2.07. The van der Waals surface area contributed by atoms with Crippen LogP contribution in [0.1, 0.15) is 11.1 Å². The van der Waals surface area contributed by atoms with Crippen LogP contribution in [0.25, 0.3) is 6.08 Å². The monoisotopic (exact) mass is 343 g/mol. The molecule has 0 spiro atoms. The van der Waals surface area contributed by atoms with E-state index in [1.165, 1.54) is 0 Å². The van der Waals surface area contributed by atoms with Gasteiger partial charge in [-0.1, -0.05) is 23.7 Å². The smallest absolute Gasteiger partial charge is 0.363 e. The van der Waals surface area contributed by atoms with E-state index in [0.717, 1.165) is 0 Å². The van der Waals surface area contributed by atoms with E-state index in [1.54, 1.807) is 62.8 Å². The van der Waals surface area contributed by atoms with Gasteiger partial charge in [-0.15, -0.1) is 0 Å². The highest BCUT2D eigenvalue weighted by Gasteiger charge is 2.25. The van der Waals surface area contributed by atoms with Crippen LogP contribution in [0.5, 0.6) is 11.5 Å². The van der Waals surface area contributed by atoms with Crippen LogP contribution in [0.15, 0.2) is 53.2 Å². The lowest BCUT2D eigenvalue weighted by molar-refractivity contribution is -0.129. The van der Waals surface area contributed by atoms with Gasteiger partial charge in [0.05, 0.1) is 24.8 Å². The normalized spacial score (nSPS) is 15.2. The number of hydrogen-bond donors (Lipinski definition) is 0. The molecule has 0 amide bonds. The number of benzene rings is 2. The number of cyclic esters (lactones) is 1. The summed E-state index contributed by atoms with van der Waals surface area (Å²) in [4.78, 5) is 16.4. The van der Waals surface area contributed by atoms with Gasteiger partial charge in [-0.2, -0.15) is 0 Å². The Morgan fingerprint density at radius 1 is 1.12 bits per heavy atom. The maximum Gasteiger partial charge on any atom is 0.363 e. The molecule has 1 heterocycles. The van der Waals surface area contributed by atoms with Crippen molar-refractivity contribution in [2.24, 2.45) is 4.99 Å². The van der Waals surface area contributed by atoms with Gasteiger partial charge in [0.1, 0.15) is 11.5 Å². The minimum atomic E-state index is -0.546. The lowest BCUT2D eigenvalue weighted by atomic mass is 10.1. The number of carbonyl (C=O) groups is 1. The minimum Gasteiger partial charge on any atom is -0.497 e. The molecule has 0 aliphatic carbocycles. The number of halogens is 1. The topological polar surface area (TPSA) is 57.1 Å². The van der Waals surface area contributed by atoms with Gasteiger partial charge in [0, 0.05) is 5.56 Å². The van der Waals surface area contributed by atoms with Crippen LogP contribution in [0.4, 0.5) is 0 Å². The van der Waals surface area contributed by atoms with Gasteiger partial charge >= 0.3 is 5.97 Å². The van der Waals surface area contributed by atoms with Gasteiger partial charge in [-0.05, 0) is 36.4 Å². The van der Waals surface area contributed by atoms with Gasteiger partial charge in [-0.3, -0.25) is 0 Å². The maximum absolute atomic E-state index is 12.1. The standard InChI is InChI=1S/C18H14ClNO4/c1-22-12-7-8-16(23-2)11(9-12)10-15-18(21)24-17(20-15)13-5-3-4-6-14(13)19/h3-10H,1-2H3/b15-10-. The van der Waals surface area contributed by atoms with E-state index in [0.29, 0.717) is 27.6 Å². The van der Waals surface area contributed by atoms with Crippen LogP contribution < -0.4 is 9.47 Å². The first kappa shape index (κ1) is 16.1. The number of hydrogen-bond acceptors (Lipinski definition) is 5. The van der Waals surface area contributed by atoms with Crippen molar-refractivity contribution in [3.05, 3.63) is 64.3 Å². The zero-order valence-electron chi connectivity index (χ0n) is 13.1. The highest BCUT2D eigenvalue weighted by atomic mass is 35.5. The number of carbonyl (C=O) groups excluding carboxylic acids is 1. The highest BCUT2D eigenvalue weighted by Crippen LogP contribution is 2.29. The summed E-state index contributed by atoms with van der Waals surface area (Å²) in [7, 11) is 3.12. The predicted molar refractivity (Wildman–Crippen MR) is 91.6 cm³/mol. The van der Waals surface area contributed by atoms with Crippen molar-refractivity contribution in [2.45, 2.75) is 0 Å². The van der Waals surface area contributed by atoms with Gasteiger partial charge in [0.25, 0.3) is 0 Å². The number of ether oxygens (including phenoxy) is 3. The molecule has 0 aromatic heterocycles. The van der Waals surface area contributed by atoms with E-state index < -0.39 is 5.97 Å². The molecule has 0 unspecified atom stereocenters. The van der Waals surface area contributed by atoms with Gasteiger partial charge in [0.2, 0.25) is 5.90 Å². The molecule has 0 fully saturated rings. The zero-order chi connectivity index (χ0) is 17.1. The largest absolute Gasteiger partial charge is 0.497 e. The molecule has 1 aliphatic heterocycles. The lowest BCUT2D eigenvalue weighted by Crippen LogP contribution is -2.05. The summed E-state index contributed by atoms with van der Waals surface area (Å²) in [5.41, 5.74) is 1.39. The van der Waals surface area contributed by atoms with Crippen molar-refractivity contribution < 1.29 is 19.0 Å². The molecule has 0 bridgehead atoms. The summed E-state index contributed by atoms with van der Waals surface area (Å²) in [5.74, 6) is 0.871. The summed E-state index contributed by atoms with van der Waals surface area (Å²) in [6.45, 7) is 0. The van der Waals surface area contributed by atoms with Crippen molar-refractivity contribution in [1.82, 2.24) is 0 Å². The molecule has 3 rings (SSSR count). The fourth-order valence-corrected chi connectivity index (χ4v) is 2.48. The molecule has 0 atom stereocenters. The number of esters is 1. The number of aliphatic imine (C=N–C) groups is 1. The first-order valence-electron chi connectivity index (χ1n) is 7.12. The van der Waals surface area contributed by atoms with Gasteiger partial charge in [-0.25, -0.2) is 9.79 Å². The molecule has 2 aromatic carbocycles. The predicted octanol–water partition coefficient (Wildman–Crippen LogP) is 3.70. The van der Waals surface area contributed by atoms with Crippen LogP contribution in [-0.4, -0.2) is 26.1 Å². The third-order valence-electron chi connectivity index (χ3n) is 3.45. The summed E-state index contributed by atoms with van der Waals surface area (Å²) in [6, 6.07) is 12.3. The fourth-order valence-electron chi connectivity index (χ4n) is 2.26. The maximum atomic E-state index is 12.1. The molecule has 5 nitrogen and oxygen atoms in total. The Labute approximate surface area is 144 Å². The van der Waals surface area contributed by atoms with Crippen LogP contribution in [-0.2, 0) is 9.53 Å². The number of methoxy groups -OCH3 is 2. The number of nitrogens with zero attached hydrogens (tertiary/aromatic N) is 1. The second kappa shape index (κ2) is 6.76. The Kier molecular flexibility index (Phi) is 4.53. The van der Waals surface area contributed by atoms with E-state index in [9.17, 15) is 4.79 Å². The van der Waals surface area contributed by atoms with Crippen LogP contribution in [0.3, 0.4) is 0 Å². The Bertz CT molecular complexity index is 858. The molecule has 0 N–H and O–H groups in total. The molecule has 0 radical (unpaired) electrons. The first-order valence-corrected chi connectivity index (χ1v) is 7.49. The van der Waals surface area contributed by atoms with Gasteiger partial charge in [0.15, 0.2) is 5.70 Å². The SMILES string of the molecule is COc1ccc(OC)c(/C=C2\N=C(c3ccccc3Cl)OC2=O)c1. The third-order valence-corrected chi connectivity index (χ3v) is 3.78. The summed E-state index contributed by atoms with van der Waals surface area (Å²) in [6.07, 6.45) is 1.59. The summed E-state index contributed by atoms with van der Waals surface area (Å²) >= 11 is 6.12. The van der Waals surface area contributed by atoms with E-state index >= 15 is 0 Å². The van der Waals surface area contributed by atoms with Crippen molar-refractivity contribution in [1.29, 1.82) is 0 Å². The van der Waals surface area contributed by atoms with E-state index in [2.05, 4.69) is 4.99 Å². The Morgan fingerprint density at radius 3 is 2.62 bits per heavy atom. The quantitative estimate of drug-likeness (QED) is 0.627. The Morgan fingerprint density at radius 2 is 1.92 bits per heavy atom. The number of rotatable bonds is 4. The average Bonchev–Trinajstić information content (AvgIpc) is 2.95. The minimum absolute atomic E-state index is 0.163. The molecule has 122 valence electrons. The highest BCUT2D eigenvalue weighted by molar-refractivity contribution is 6.34. The van der Waals surface area contributed by atoms with E-state index in [1.807, 2.05) is 0 Å². The van der Waals surface area contributed by atoms with Gasteiger partial charge < -0.3 is 14.2 Å². The summed E-state index contributed by atoms with van der Waals surface area (Å²) in [5, 5.41) is 0.462. The molecule has 6 heteroatoms. The van der Waals surface area contributed by atoms with Crippen molar-refractivity contribution >= 4 is 29.5 Å². The first-order chi connectivity index (χ1) is 11.6. The fraction of sp³-hybridized carbons (Fsp3) is 0.111. The molecule has 0 saturated heterocycles. The van der Waals surface area contributed by atoms with E-state index in [4.69, 9.17) is 25.8 Å². The van der Waals surface area contributed by atoms with Crippen molar-refractivity contribution in [3.63, 3.8) is 0 Å². The Hall–Kier alpha value is -2.79. The molecular formula is C18H14ClNO4. The van der Waals surface area contributed by atoms with Crippen molar-refractivity contribution in [2.75, 3.05) is 14.2 Å². The molecule has 2 aromatic rings. The third kappa shape index (κ3) is 3.12. The zero-order valence-corrected chi connectivity index (χ0v) is 13.8. The molecular weight excluding hydrogens is 330 g/mol. The summed E-state index contributed by atoms with van der Waals surface area (Å²) < 4.78 is 15.7. The van der Waals surface area contributed by atoms with E-state index in [-0.39, 0.29) is 11.6 Å². The van der Waals surface area contributed by atoms with Crippen LogP contribution in [0.2, 0.25) is 5.02 Å².